The summed E-state index contributed by atoms with van der Waals surface area (Å²) < 4.78 is 4.91. The smallest absolute Gasteiger partial charge is 0.305 e. The van der Waals surface area contributed by atoms with Crippen LogP contribution in [0.5, 0.6) is 0 Å². The van der Waals surface area contributed by atoms with Gasteiger partial charge in [-0.15, -0.1) is 0 Å². The van der Waals surface area contributed by atoms with Crippen LogP contribution in [-0.2, 0) is 9.53 Å². The summed E-state index contributed by atoms with van der Waals surface area (Å²) in [7, 11) is 0. The van der Waals surface area contributed by atoms with Crippen LogP contribution < -0.4 is 0 Å². The van der Waals surface area contributed by atoms with E-state index in [-0.39, 0.29) is 5.97 Å². The van der Waals surface area contributed by atoms with E-state index in [1.165, 1.54) is 64.2 Å². The van der Waals surface area contributed by atoms with Crippen molar-refractivity contribution >= 4 is 5.97 Å². The number of allylic oxidation sites excluding steroid dienone is 2. The zero-order valence-corrected chi connectivity index (χ0v) is 14.4. The zero-order valence-electron chi connectivity index (χ0n) is 14.4. The third-order valence-electron chi connectivity index (χ3n) is 3.70. The monoisotopic (exact) mass is 296 g/mol. The normalized spacial score (nSPS) is 11.1. The van der Waals surface area contributed by atoms with Gasteiger partial charge in [-0.05, 0) is 39.0 Å². The van der Waals surface area contributed by atoms with Gasteiger partial charge in [-0.25, -0.2) is 0 Å². The molecule has 0 aliphatic rings. The molecule has 2 nitrogen and oxygen atoms in total. The molecule has 0 fully saturated rings. The van der Waals surface area contributed by atoms with Crippen molar-refractivity contribution in [1.82, 2.24) is 0 Å². The first-order valence-corrected chi connectivity index (χ1v) is 9.11. The van der Waals surface area contributed by atoms with Gasteiger partial charge >= 0.3 is 5.97 Å². The molecule has 0 bridgehead atoms. The van der Waals surface area contributed by atoms with E-state index >= 15 is 0 Å². The first-order valence-electron chi connectivity index (χ1n) is 9.11. The van der Waals surface area contributed by atoms with Crippen LogP contribution in [0.4, 0.5) is 0 Å². The number of esters is 1. The van der Waals surface area contributed by atoms with Crippen LogP contribution in [0.25, 0.3) is 0 Å². The van der Waals surface area contributed by atoms with Crippen molar-refractivity contribution < 1.29 is 9.53 Å². The Hall–Kier alpha value is -0.790. The summed E-state index contributed by atoms with van der Waals surface area (Å²) in [4.78, 5) is 11.1. The first-order chi connectivity index (χ1) is 10.3. The fourth-order valence-corrected chi connectivity index (χ4v) is 2.40. The van der Waals surface area contributed by atoms with E-state index in [4.69, 9.17) is 4.74 Å². The average molecular weight is 296 g/mol. The van der Waals surface area contributed by atoms with Crippen LogP contribution in [0.15, 0.2) is 12.2 Å². The highest BCUT2D eigenvalue weighted by molar-refractivity contribution is 5.69. The highest BCUT2D eigenvalue weighted by Crippen LogP contribution is 2.09. The van der Waals surface area contributed by atoms with Gasteiger partial charge in [-0.2, -0.15) is 0 Å². The maximum Gasteiger partial charge on any atom is 0.305 e. The van der Waals surface area contributed by atoms with Gasteiger partial charge in [0.25, 0.3) is 0 Å². The molecule has 124 valence electrons. The second-order valence-electron chi connectivity index (χ2n) is 5.79. The van der Waals surface area contributed by atoms with Crippen molar-refractivity contribution in [1.29, 1.82) is 0 Å². The number of ether oxygens (including phenoxy) is 1. The van der Waals surface area contributed by atoms with Gasteiger partial charge in [-0.1, -0.05) is 64.0 Å². The predicted octanol–water partition coefficient (Wildman–Crippen LogP) is 6.20. The number of carbonyl (C=O) groups excluding carboxylic acids is 1. The molecule has 0 aromatic heterocycles. The molecule has 0 amide bonds. The minimum absolute atomic E-state index is 0.0451. The van der Waals surface area contributed by atoms with Gasteiger partial charge in [0.1, 0.15) is 0 Å². The van der Waals surface area contributed by atoms with Crippen LogP contribution in [0, 0.1) is 0 Å². The molecule has 0 radical (unpaired) electrons. The lowest BCUT2D eigenvalue weighted by Gasteiger charge is -2.01. The van der Waals surface area contributed by atoms with Crippen LogP contribution in [0.3, 0.4) is 0 Å². The fourth-order valence-electron chi connectivity index (χ4n) is 2.40. The molecule has 2 heteroatoms. The highest BCUT2D eigenvalue weighted by Gasteiger charge is 1.99. The molecular weight excluding hydrogens is 260 g/mol. The summed E-state index contributed by atoms with van der Waals surface area (Å²) in [5.74, 6) is -0.0451. The number of unbranched alkanes of at least 4 members (excludes halogenated alkanes) is 10. The maximum absolute atomic E-state index is 11.1. The minimum atomic E-state index is -0.0451. The van der Waals surface area contributed by atoms with Crippen molar-refractivity contribution in [3.63, 3.8) is 0 Å². The summed E-state index contributed by atoms with van der Waals surface area (Å²) in [6.07, 6.45) is 20.6. The first kappa shape index (κ1) is 20.2. The maximum atomic E-state index is 11.1. The van der Waals surface area contributed by atoms with E-state index in [0.717, 1.165) is 12.8 Å². The van der Waals surface area contributed by atoms with E-state index in [1.807, 2.05) is 6.92 Å². The third kappa shape index (κ3) is 17.2. The van der Waals surface area contributed by atoms with E-state index in [0.29, 0.717) is 13.0 Å². The summed E-state index contributed by atoms with van der Waals surface area (Å²) in [6.45, 7) is 4.62. The average Bonchev–Trinajstić information content (AvgIpc) is 2.48. The van der Waals surface area contributed by atoms with Crippen LogP contribution in [0.1, 0.15) is 97.3 Å². The van der Waals surface area contributed by atoms with Crippen molar-refractivity contribution in [3.8, 4) is 0 Å². The Morgan fingerprint density at radius 2 is 1.29 bits per heavy atom. The van der Waals surface area contributed by atoms with Crippen LogP contribution in [-0.4, -0.2) is 12.6 Å². The van der Waals surface area contributed by atoms with Gasteiger partial charge in [0, 0.05) is 6.42 Å². The molecule has 0 spiro atoms. The Kier molecular flexibility index (Phi) is 16.6. The number of carbonyl (C=O) groups is 1. The van der Waals surface area contributed by atoms with Crippen molar-refractivity contribution in [2.24, 2.45) is 0 Å². The van der Waals surface area contributed by atoms with Crippen molar-refractivity contribution in [2.75, 3.05) is 6.61 Å². The highest BCUT2D eigenvalue weighted by atomic mass is 16.5. The number of rotatable bonds is 15. The standard InChI is InChI=1S/C19H36O2/c1-3-5-6-7-8-9-10-11-12-13-14-15-16-17-18-19(20)21-4-2/h11-12H,3-10,13-18H2,1-2H3/b12-11-. The zero-order chi connectivity index (χ0) is 15.6. The van der Waals surface area contributed by atoms with Crippen molar-refractivity contribution in [2.45, 2.75) is 97.3 Å². The lowest BCUT2D eigenvalue weighted by molar-refractivity contribution is -0.143. The van der Waals surface area contributed by atoms with E-state index in [9.17, 15) is 4.79 Å². The molecule has 0 rings (SSSR count). The predicted molar refractivity (Wildman–Crippen MR) is 91.5 cm³/mol. The largest absolute Gasteiger partial charge is 0.466 e. The molecule has 0 aromatic rings. The topological polar surface area (TPSA) is 26.3 Å². The number of hydrogen-bond donors (Lipinski definition) is 0. The van der Waals surface area contributed by atoms with Gasteiger partial charge in [-0.3, -0.25) is 4.79 Å². The number of hydrogen-bond acceptors (Lipinski definition) is 2. The Balaban J connectivity index is 3.13. The Morgan fingerprint density at radius 3 is 1.86 bits per heavy atom. The Bertz CT molecular complexity index is 246. The molecule has 0 aliphatic carbocycles. The third-order valence-corrected chi connectivity index (χ3v) is 3.70. The summed E-state index contributed by atoms with van der Waals surface area (Å²) >= 11 is 0. The molecule has 0 saturated carbocycles. The van der Waals surface area contributed by atoms with Gasteiger partial charge < -0.3 is 4.74 Å². The quantitative estimate of drug-likeness (QED) is 0.204. The lowest BCUT2D eigenvalue weighted by Crippen LogP contribution is -2.02. The molecule has 0 saturated heterocycles. The molecule has 0 atom stereocenters. The van der Waals surface area contributed by atoms with Gasteiger partial charge in [0.05, 0.1) is 6.61 Å². The van der Waals surface area contributed by atoms with Gasteiger partial charge in [0.15, 0.2) is 0 Å². The van der Waals surface area contributed by atoms with Crippen molar-refractivity contribution in [3.05, 3.63) is 12.2 Å². The van der Waals surface area contributed by atoms with Crippen LogP contribution in [0.2, 0.25) is 0 Å². The molecule has 21 heavy (non-hydrogen) atoms. The molecule has 0 aromatic carbocycles. The molecule has 0 N–H and O–H groups in total. The molecule has 0 aliphatic heterocycles. The Morgan fingerprint density at radius 1 is 0.762 bits per heavy atom. The summed E-state index contributed by atoms with van der Waals surface area (Å²) in [5, 5.41) is 0. The van der Waals surface area contributed by atoms with Gasteiger partial charge in [0.2, 0.25) is 0 Å². The second-order valence-corrected chi connectivity index (χ2v) is 5.79. The summed E-state index contributed by atoms with van der Waals surface area (Å²) in [6, 6.07) is 0. The molecule has 0 heterocycles. The minimum Gasteiger partial charge on any atom is -0.466 e. The van der Waals surface area contributed by atoms with E-state index in [1.54, 1.807) is 0 Å². The second kappa shape index (κ2) is 17.3. The molecule has 0 unspecified atom stereocenters. The molecular formula is C19H36O2. The van der Waals surface area contributed by atoms with E-state index < -0.39 is 0 Å². The fraction of sp³-hybridized carbons (Fsp3) is 0.842. The van der Waals surface area contributed by atoms with Crippen LogP contribution >= 0.6 is 0 Å². The lowest BCUT2D eigenvalue weighted by atomic mass is 10.1. The summed E-state index contributed by atoms with van der Waals surface area (Å²) in [5.41, 5.74) is 0. The SMILES string of the molecule is CCCCCCCC/C=C\CCCCCCC(=O)OCC. The van der Waals surface area contributed by atoms with E-state index in [2.05, 4.69) is 19.1 Å². The Labute approximate surface area is 132 Å².